The van der Waals surface area contributed by atoms with E-state index in [0.29, 0.717) is 11.0 Å². The molecule has 0 unspecified atom stereocenters. The normalized spacial score (nSPS) is 12.9. The summed E-state index contributed by atoms with van der Waals surface area (Å²) in [6.07, 6.45) is 0. The summed E-state index contributed by atoms with van der Waals surface area (Å²) in [5, 5.41) is 13.7. The van der Waals surface area contributed by atoms with Crippen molar-refractivity contribution in [1.82, 2.24) is 0 Å². The minimum absolute atomic E-state index is 0.0896. The molecule has 0 saturated heterocycles. The fourth-order valence-corrected chi connectivity index (χ4v) is 3.03. The number of anilines is 1. The molecule has 0 atom stereocenters. The van der Waals surface area contributed by atoms with Crippen molar-refractivity contribution in [2.24, 2.45) is 0 Å². The van der Waals surface area contributed by atoms with Gasteiger partial charge in [0.25, 0.3) is 5.91 Å². The number of methoxy groups -OCH3 is 1. The Bertz CT molecular complexity index is 793. The van der Waals surface area contributed by atoms with Crippen molar-refractivity contribution >= 4 is 41.5 Å². The molecular formula is C14H11BFNO5S. The van der Waals surface area contributed by atoms with Crippen LogP contribution in [0.1, 0.15) is 25.6 Å². The van der Waals surface area contributed by atoms with Gasteiger partial charge in [0, 0.05) is 0 Å². The Balaban J connectivity index is 1.89. The van der Waals surface area contributed by atoms with Crippen molar-refractivity contribution in [3.8, 4) is 0 Å². The second-order valence-corrected chi connectivity index (χ2v) is 5.72. The molecule has 6 nitrogen and oxygen atoms in total. The van der Waals surface area contributed by atoms with Crippen LogP contribution in [-0.2, 0) is 16.0 Å². The van der Waals surface area contributed by atoms with Gasteiger partial charge in [0.05, 0.1) is 25.0 Å². The topological polar surface area (TPSA) is 84.9 Å². The molecule has 0 aliphatic carbocycles. The Hall–Kier alpha value is -2.23. The zero-order valence-corrected chi connectivity index (χ0v) is 12.8. The number of hydrogen-bond donors (Lipinski definition) is 2. The van der Waals surface area contributed by atoms with Gasteiger partial charge >= 0.3 is 13.1 Å². The highest BCUT2D eigenvalue weighted by Gasteiger charge is 2.30. The van der Waals surface area contributed by atoms with E-state index in [0.717, 1.165) is 17.4 Å². The maximum Gasteiger partial charge on any atom is 0.491 e. The number of esters is 1. The van der Waals surface area contributed by atoms with E-state index >= 15 is 0 Å². The Kier molecular flexibility index (Phi) is 4.16. The van der Waals surface area contributed by atoms with Crippen molar-refractivity contribution in [2.75, 3.05) is 12.4 Å². The van der Waals surface area contributed by atoms with Crippen LogP contribution < -0.4 is 10.8 Å². The molecular weight excluding hydrogens is 324 g/mol. The predicted molar refractivity (Wildman–Crippen MR) is 82.4 cm³/mol. The third-order valence-electron chi connectivity index (χ3n) is 3.42. The molecule has 2 aromatic rings. The average Bonchev–Trinajstić information content (AvgIpc) is 3.13. The molecule has 2 heterocycles. The van der Waals surface area contributed by atoms with Gasteiger partial charge in [0.15, 0.2) is 0 Å². The van der Waals surface area contributed by atoms with Crippen molar-refractivity contribution < 1.29 is 28.4 Å². The highest BCUT2D eigenvalue weighted by atomic mass is 32.1. The molecule has 0 saturated carbocycles. The van der Waals surface area contributed by atoms with Gasteiger partial charge < -0.3 is 19.7 Å². The lowest BCUT2D eigenvalue weighted by atomic mass is 9.78. The molecule has 1 aromatic carbocycles. The second-order valence-electron chi connectivity index (χ2n) is 4.80. The predicted octanol–water partition coefficient (Wildman–Crippen LogP) is 1.14. The number of halogens is 1. The van der Waals surface area contributed by atoms with Gasteiger partial charge in [-0.05, 0) is 34.6 Å². The zero-order chi connectivity index (χ0) is 16.6. The largest absolute Gasteiger partial charge is 0.491 e. The SMILES string of the molecule is COC(=O)c1sccc1NC(=O)c1cc2c(cc1F)COB2O. The first kappa shape index (κ1) is 15.7. The van der Waals surface area contributed by atoms with Crippen molar-refractivity contribution in [3.05, 3.63) is 45.4 Å². The third-order valence-corrected chi connectivity index (χ3v) is 4.31. The first-order valence-electron chi connectivity index (χ1n) is 6.60. The molecule has 0 spiro atoms. The van der Waals surface area contributed by atoms with E-state index in [4.69, 9.17) is 4.65 Å². The van der Waals surface area contributed by atoms with Crippen LogP contribution in [0.3, 0.4) is 0 Å². The molecule has 3 rings (SSSR count). The first-order chi connectivity index (χ1) is 11.0. The molecule has 2 N–H and O–H groups in total. The summed E-state index contributed by atoms with van der Waals surface area (Å²) in [7, 11) is 0.0544. The zero-order valence-electron chi connectivity index (χ0n) is 12.0. The summed E-state index contributed by atoms with van der Waals surface area (Å²) in [4.78, 5) is 24.1. The summed E-state index contributed by atoms with van der Waals surface area (Å²) in [5.74, 6) is -2.05. The van der Waals surface area contributed by atoms with E-state index in [1.807, 2.05) is 0 Å². The van der Waals surface area contributed by atoms with Crippen molar-refractivity contribution in [3.63, 3.8) is 0 Å². The number of rotatable bonds is 3. The minimum Gasteiger partial charge on any atom is -0.465 e. The quantitative estimate of drug-likeness (QED) is 0.649. The lowest BCUT2D eigenvalue weighted by Crippen LogP contribution is -2.30. The average molecular weight is 335 g/mol. The van der Waals surface area contributed by atoms with Crippen LogP contribution >= 0.6 is 11.3 Å². The molecule has 118 valence electrons. The summed E-state index contributed by atoms with van der Waals surface area (Å²) in [5.41, 5.74) is 0.853. The molecule has 0 radical (unpaired) electrons. The van der Waals surface area contributed by atoms with Crippen molar-refractivity contribution in [2.45, 2.75) is 6.61 Å². The van der Waals surface area contributed by atoms with Gasteiger partial charge in [-0.1, -0.05) is 0 Å². The lowest BCUT2D eigenvalue weighted by Gasteiger charge is -2.08. The summed E-state index contributed by atoms with van der Waals surface area (Å²) >= 11 is 1.10. The molecule has 23 heavy (non-hydrogen) atoms. The number of fused-ring (bicyclic) bond motifs is 1. The van der Waals surface area contributed by atoms with Gasteiger partial charge in [0.2, 0.25) is 0 Å². The molecule has 9 heteroatoms. The van der Waals surface area contributed by atoms with Crippen molar-refractivity contribution in [1.29, 1.82) is 0 Å². The molecule has 1 aliphatic heterocycles. The first-order valence-corrected chi connectivity index (χ1v) is 7.48. The van der Waals surface area contributed by atoms with Crippen LogP contribution in [0.2, 0.25) is 0 Å². The number of hydrogen-bond acceptors (Lipinski definition) is 6. The monoisotopic (exact) mass is 335 g/mol. The van der Waals surface area contributed by atoms with Gasteiger partial charge in [-0.25, -0.2) is 9.18 Å². The van der Waals surface area contributed by atoms with Crippen LogP contribution in [0.4, 0.5) is 10.1 Å². The Morgan fingerprint density at radius 3 is 3.00 bits per heavy atom. The van der Waals surface area contributed by atoms with Crippen LogP contribution in [-0.4, -0.2) is 31.1 Å². The standard InChI is InChI=1S/C14H11BFNO5S/c1-21-14(19)12-11(2-3-23-12)17-13(18)8-5-9-7(4-10(8)16)6-22-15(9)20/h2-5,20H,6H2,1H3,(H,17,18). The Morgan fingerprint density at radius 2 is 2.26 bits per heavy atom. The van der Waals surface area contributed by atoms with E-state index in [9.17, 15) is 19.0 Å². The van der Waals surface area contributed by atoms with E-state index < -0.39 is 24.8 Å². The summed E-state index contributed by atoms with van der Waals surface area (Å²) in [6.45, 7) is 0.0896. The van der Waals surface area contributed by atoms with E-state index in [2.05, 4.69) is 10.1 Å². The smallest absolute Gasteiger partial charge is 0.465 e. The van der Waals surface area contributed by atoms with Gasteiger partial charge in [-0.2, -0.15) is 0 Å². The Labute approximate surface area is 135 Å². The minimum atomic E-state index is -1.18. The number of amides is 1. The van der Waals surface area contributed by atoms with Crippen LogP contribution in [0, 0.1) is 5.82 Å². The van der Waals surface area contributed by atoms with Gasteiger partial charge in [-0.15, -0.1) is 11.3 Å². The molecule has 1 amide bonds. The lowest BCUT2D eigenvalue weighted by molar-refractivity contribution is 0.0607. The maximum absolute atomic E-state index is 14.1. The molecule has 1 aliphatic rings. The van der Waals surface area contributed by atoms with Gasteiger partial charge in [0.1, 0.15) is 10.7 Å². The van der Waals surface area contributed by atoms with E-state index in [1.54, 1.807) is 5.38 Å². The highest BCUT2D eigenvalue weighted by Crippen LogP contribution is 2.24. The van der Waals surface area contributed by atoms with Crippen LogP contribution in [0.5, 0.6) is 0 Å². The Morgan fingerprint density at radius 1 is 1.48 bits per heavy atom. The van der Waals surface area contributed by atoms with Gasteiger partial charge in [-0.3, -0.25) is 4.79 Å². The number of carbonyl (C=O) groups is 2. The molecule has 0 fully saturated rings. The number of carbonyl (C=O) groups excluding carboxylic acids is 2. The fraction of sp³-hybridized carbons (Fsp3) is 0.143. The molecule has 1 aromatic heterocycles. The third kappa shape index (κ3) is 2.86. The number of ether oxygens (including phenoxy) is 1. The molecule has 0 bridgehead atoms. The van der Waals surface area contributed by atoms with Crippen LogP contribution in [0.15, 0.2) is 23.6 Å². The summed E-state index contributed by atoms with van der Waals surface area (Å²) in [6, 6.07) is 3.94. The van der Waals surface area contributed by atoms with E-state index in [1.165, 1.54) is 19.2 Å². The van der Waals surface area contributed by atoms with E-state index in [-0.39, 0.29) is 22.7 Å². The second kappa shape index (κ2) is 6.11. The number of nitrogens with one attached hydrogen (secondary N) is 1. The number of benzene rings is 1. The van der Waals surface area contributed by atoms with Crippen LogP contribution in [0.25, 0.3) is 0 Å². The fourth-order valence-electron chi connectivity index (χ4n) is 2.27. The summed E-state index contributed by atoms with van der Waals surface area (Å²) < 4.78 is 23.7. The maximum atomic E-state index is 14.1. The highest BCUT2D eigenvalue weighted by molar-refractivity contribution is 7.12. The number of thiophene rings is 1.